The fourth-order valence-electron chi connectivity index (χ4n) is 6.06. The van der Waals surface area contributed by atoms with Crippen LogP contribution in [-0.2, 0) is 6.42 Å². The van der Waals surface area contributed by atoms with Crippen molar-refractivity contribution in [1.29, 1.82) is 0 Å². The van der Waals surface area contributed by atoms with Crippen LogP contribution in [-0.4, -0.2) is 57.4 Å². The predicted octanol–water partition coefficient (Wildman–Crippen LogP) is 3.25. The predicted molar refractivity (Wildman–Crippen MR) is 130 cm³/mol. The fourth-order valence-corrected chi connectivity index (χ4v) is 6.06. The van der Waals surface area contributed by atoms with Crippen LogP contribution in [0.2, 0.25) is 0 Å². The third-order valence-electron chi connectivity index (χ3n) is 7.80. The summed E-state index contributed by atoms with van der Waals surface area (Å²) in [6, 6.07) is 6.51. The molecule has 1 saturated carbocycles. The zero-order chi connectivity index (χ0) is 22.8. The van der Waals surface area contributed by atoms with Gasteiger partial charge in [-0.05, 0) is 79.2 Å². The smallest absolute Gasteiger partial charge is 0.125 e. The number of phenols is 1. The molecule has 0 bridgehead atoms. The molecule has 1 aromatic heterocycles. The van der Waals surface area contributed by atoms with Crippen LogP contribution in [0.5, 0.6) is 5.75 Å². The maximum Gasteiger partial charge on any atom is 0.125 e. The summed E-state index contributed by atoms with van der Waals surface area (Å²) in [5.41, 5.74) is 12.2. The first-order chi connectivity index (χ1) is 16.2. The van der Waals surface area contributed by atoms with Gasteiger partial charge in [-0.3, -0.25) is 10.3 Å². The summed E-state index contributed by atoms with van der Waals surface area (Å²) >= 11 is 0. The van der Waals surface area contributed by atoms with Gasteiger partial charge in [0.15, 0.2) is 0 Å². The SMILES string of the molecule is CCc1cc(O)ccc1C1CCC2C(C1)NNC2c1ncc(C2=CCCN(CCCO)C2)[nH]1. The highest BCUT2D eigenvalue weighted by atomic mass is 16.3. The van der Waals surface area contributed by atoms with Gasteiger partial charge in [-0.15, -0.1) is 0 Å². The normalized spacial score (nSPS) is 28.0. The summed E-state index contributed by atoms with van der Waals surface area (Å²) in [6.45, 7) is 5.33. The number of fused-ring (bicyclic) bond motifs is 1. The van der Waals surface area contributed by atoms with Crippen LogP contribution in [0.1, 0.15) is 73.6 Å². The van der Waals surface area contributed by atoms with Crippen molar-refractivity contribution >= 4 is 5.57 Å². The highest BCUT2D eigenvalue weighted by molar-refractivity contribution is 5.64. The van der Waals surface area contributed by atoms with E-state index in [1.807, 2.05) is 18.3 Å². The maximum absolute atomic E-state index is 9.88. The Balaban J connectivity index is 1.25. The molecule has 5 N–H and O–H groups in total. The van der Waals surface area contributed by atoms with Crippen molar-refractivity contribution < 1.29 is 10.2 Å². The molecule has 3 aliphatic rings. The van der Waals surface area contributed by atoms with Gasteiger partial charge in [-0.2, -0.15) is 0 Å². The first-order valence-corrected chi connectivity index (χ1v) is 12.6. The highest BCUT2D eigenvalue weighted by Gasteiger charge is 2.42. The lowest BCUT2D eigenvalue weighted by Crippen LogP contribution is -2.35. The van der Waals surface area contributed by atoms with E-state index >= 15 is 0 Å². The van der Waals surface area contributed by atoms with Crippen LogP contribution in [0, 0.1) is 5.92 Å². The van der Waals surface area contributed by atoms with Gasteiger partial charge in [0.2, 0.25) is 0 Å². The molecule has 2 fully saturated rings. The summed E-state index contributed by atoms with van der Waals surface area (Å²) in [5.74, 6) is 2.43. The minimum absolute atomic E-state index is 0.199. The minimum atomic E-state index is 0.199. The molecular weight excluding hydrogens is 414 g/mol. The molecule has 3 heterocycles. The van der Waals surface area contributed by atoms with Crippen LogP contribution < -0.4 is 10.9 Å². The van der Waals surface area contributed by atoms with Crippen molar-refractivity contribution in [2.75, 3.05) is 26.2 Å². The van der Waals surface area contributed by atoms with Gasteiger partial charge in [0.1, 0.15) is 11.6 Å². The molecule has 0 amide bonds. The van der Waals surface area contributed by atoms with Gasteiger partial charge in [-0.25, -0.2) is 10.4 Å². The number of benzene rings is 1. The van der Waals surface area contributed by atoms with E-state index < -0.39 is 0 Å². The molecule has 5 rings (SSSR count). The number of aryl methyl sites for hydroxylation is 1. The number of aromatic hydroxyl groups is 1. The number of aliphatic hydroxyl groups is 1. The summed E-state index contributed by atoms with van der Waals surface area (Å²) < 4.78 is 0. The van der Waals surface area contributed by atoms with Gasteiger partial charge < -0.3 is 15.2 Å². The Morgan fingerprint density at radius 3 is 2.97 bits per heavy atom. The second-order valence-electron chi connectivity index (χ2n) is 9.84. The second-order valence-corrected chi connectivity index (χ2v) is 9.84. The number of nitrogens with one attached hydrogen (secondary N) is 3. The molecule has 0 spiro atoms. The molecular formula is C26H37N5O2. The average Bonchev–Trinajstić information content (AvgIpc) is 3.49. The molecule has 7 heteroatoms. The molecule has 2 aromatic rings. The summed E-state index contributed by atoms with van der Waals surface area (Å²) in [7, 11) is 0. The Labute approximate surface area is 196 Å². The van der Waals surface area contributed by atoms with Crippen LogP contribution in [0.3, 0.4) is 0 Å². The Morgan fingerprint density at radius 2 is 2.12 bits per heavy atom. The molecule has 0 radical (unpaired) electrons. The lowest BCUT2D eigenvalue weighted by molar-refractivity contribution is 0.237. The first-order valence-electron chi connectivity index (χ1n) is 12.6. The van der Waals surface area contributed by atoms with E-state index in [1.54, 1.807) is 0 Å². The van der Waals surface area contributed by atoms with Crippen molar-refractivity contribution in [2.24, 2.45) is 5.92 Å². The largest absolute Gasteiger partial charge is 0.508 e. The number of hydrazine groups is 1. The Morgan fingerprint density at radius 1 is 1.21 bits per heavy atom. The van der Waals surface area contributed by atoms with Crippen molar-refractivity contribution in [1.82, 2.24) is 25.7 Å². The zero-order valence-electron chi connectivity index (χ0n) is 19.6. The van der Waals surface area contributed by atoms with E-state index in [9.17, 15) is 5.11 Å². The van der Waals surface area contributed by atoms with Gasteiger partial charge in [0.25, 0.3) is 0 Å². The van der Waals surface area contributed by atoms with Crippen molar-refractivity contribution in [3.63, 3.8) is 0 Å². The van der Waals surface area contributed by atoms with Gasteiger partial charge in [-0.1, -0.05) is 19.1 Å². The van der Waals surface area contributed by atoms with Crippen molar-refractivity contribution in [3.05, 3.63) is 53.1 Å². The lowest BCUT2D eigenvalue weighted by atomic mass is 9.73. The third kappa shape index (κ3) is 4.73. The molecule has 178 valence electrons. The van der Waals surface area contributed by atoms with Gasteiger partial charge in [0, 0.05) is 32.3 Å². The lowest BCUT2D eigenvalue weighted by Gasteiger charge is -2.33. The quantitative estimate of drug-likeness (QED) is 0.444. The van der Waals surface area contributed by atoms with E-state index in [2.05, 4.69) is 39.8 Å². The Hall–Kier alpha value is -2.19. The van der Waals surface area contributed by atoms with Crippen LogP contribution in [0.15, 0.2) is 30.5 Å². The Kier molecular flexibility index (Phi) is 6.83. The van der Waals surface area contributed by atoms with Crippen LogP contribution in [0.4, 0.5) is 0 Å². The molecule has 4 atom stereocenters. The number of phenolic OH excluding ortho intramolecular Hbond substituents is 1. The molecule has 7 nitrogen and oxygen atoms in total. The number of imidazole rings is 1. The number of rotatable bonds is 7. The topological polar surface area (TPSA) is 96.4 Å². The molecule has 4 unspecified atom stereocenters. The fraction of sp³-hybridized carbons (Fsp3) is 0.577. The van der Waals surface area contributed by atoms with E-state index in [0.717, 1.165) is 69.7 Å². The summed E-state index contributed by atoms with van der Waals surface area (Å²) in [5, 5.41) is 19.0. The molecule has 2 aliphatic heterocycles. The third-order valence-corrected chi connectivity index (χ3v) is 7.80. The number of H-pyrrole nitrogens is 1. The number of aromatic nitrogens is 2. The number of hydrogen-bond donors (Lipinski definition) is 5. The number of hydrogen-bond acceptors (Lipinski definition) is 6. The maximum atomic E-state index is 9.88. The van der Waals surface area contributed by atoms with Gasteiger partial charge in [0.05, 0.1) is 17.9 Å². The van der Waals surface area contributed by atoms with Crippen LogP contribution >= 0.6 is 0 Å². The van der Waals surface area contributed by atoms with Crippen LogP contribution in [0.25, 0.3) is 5.57 Å². The van der Waals surface area contributed by atoms with E-state index in [1.165, 1.54) is 16.7 Å². The average molecular weight is 452 g/mol. The second kappa shape index (κ2) is 9.97. The summed E-state index contributed by atoms with van der Waals surface area (Å²) in [4.78, 5) is 10.8. The number of nitrogens with zero attached hydrogens (tertiary/aromatic N) is 2. The zero-order valence-corrected chi connectivity index (χ0v) is 19.6. The minimum Gasteiger partial charge on any atom is -0.508 e. The molecule has 1 aliphatic carbocycles. The number of aromatic amines is 1. The molecule has 1 saturated heterocycles. The summed E-state index contributed by atoms with van der Waals surface area (Å²) in [6.07, 6.45) is 10.5. The monoisotopic (exact) mass is 451 g/mol. The molecule has 33 heavy (non-hydrogen) atoms. The van der Waals surface area contributed by atoms with Crippen molar-refractivity contribution in [2.45, 2.75) is 63.5 Å². The highest BCUT2D eigenvalue weighted by Crippen LogP contribution is 2.44. The van der Waals surface area contributed by atoms with Crippen molar-refractivity contribution in [3.8, 4) is 5.75 Å². The van der Waals surface area contributed by atoms with E-state index in [-0.39, 0.29) is 12.6 Å². The Bertz CT molecular complexity index is 987. The van der Waals surface area contributed by atoms with E-state index in [0.29, 0.717) is 23.6 Å². The van der Waals surface area contributed by atoms with E-state index in [4.69, 9.17) is 10.1 Å². The number of aliphatic hydroxyl groups excluding tert-OH is 1. The molecule has 1 aromatic carbocycles. The standard InChI is InChI=1S/C26H37N5O2/c1-2-17-13-20(33)7-9-21(17)18-6-8-22-23(14-18)29-30-25(22)26-27-15-24(28-26)19-5-3-10-31(16-19)11-4-12-32/h5,7,9,13,15,18,22-23,25,29-30,32-33H,2-4,6,8,10-12,14,16H2,1H3,(H,27,28). The first kappa shape index (κ1) is 22.6. The van der Waals surface area contributed by atoms with Gasteiger partial charge >= 0.3 is 0 Å².